The second kappa shape index (κ2) is 8.56. The maximum atomic E-state index is 13.9. The largest absolute Gasteiger partial charge is 0.368 e. The lowest BCUT2D eigenvalue weighted by atomic mass is 10.1. The molecule has 0 atom stereocenters. The fourth-order valence-corrected chi connectivity index (χ4v) is 4.77. The number of amides is 1. The normalized spacial score (nSPS) is 14.1. The highest BCUT2D eigenvalue weighted by Gasteiger charge is 2.27. The van der Waals surface area contributed by atoms with Crippen LogP contribution in [0.3, 0.4) is 0 Å². The van der Waals surface area contributed by atoms with Crippen LogP contribution in [0.5, 0.6) is 0 Å². The van der Waals surface area contributed by atoms with Gasteiger partial charge in [-0.2, -0.15) is 5.10 Å². The van der Waals surface area contributed by atoms with Crippen LogP contribution in [0.1, 0.15) is 32.9 Å². The molecular weight excluding hydrogens is 429 g/mol. The Morgan fingerprint density at radius 1 is 0.941 bits per heavy atom. The number of pyridine rings is 1. The molecule has 3 heterocycles. The molecule has 0 saturated carbocycles. The molecule has 1 aliphatic heterocycles. The van der Waals surface area contributed by atoms with Gasteiger partial charge in [-0.3, -0.25) is 4.79 Å². The third kappa shape index (κ3) is 3.81. The number of aromatic nitrogens is 3. The van der Waals surface area contributed by atoms with E-state index in [2.05, 4.69) is 47.0 Å². The zero-order chi connectivity index (χ0) is 24.0. The van der Waals surface area contributed by atoms with Gasteiger partial charge in [-0.1, -0.05) is 18.2 Å². The highest BCUT2D eigenvalue weighted by Crippen LogP contribution is 2.28. The van der Waals surface area contributed by atoms with Gasteiger partial charge in [0.15, 0.2) is 5.65 Å². The van der Waals surface area contributed by atoms with Gasteiger partial charge >= 0.3 is 0 Å². The van der Waals surface area contributed by atoms with Crippen LogP contribution in [0, 0.1) is 33.5 Å². The maximum absolute atomic E-state index is 13.9. The maximum Gasteiger partial charge on any atom is 0.254 e. The van der Waals surface area contributed by atoms with Gasteiger partial charge in [0.25, 0.3) is 5.91 Å². The molecule has 0 spiro atoms. The van der Waals surface area contributed by atoms with Gasteiger partial charge in [0.2, 0.25) is 0 Å². The van der Waals surface area contributed by atoms with E-state index >= 15 is 0 Å². The third-order valence-corrected chi connectivity index (χ3v) is 6.71. The van der Waals surface area contributed by atoms with Crippen LogP contribution in [0.4, 0.5) is 10.1 Å². The molecule has 0 unspecified atom stereocenters. The Morgan fingerprint density at radius 2 is 1.68 bits per heavy atom. The average molecular weight is 458 g/mol. The number of rotatable bonds is 3. The lowest BCUT2D eigenvalue weighted by molar-refractivity contribution is 0.0748. The Bertz CT molecular complexity index is 1400. The van der Waals surface area contributed by atoms with Crippen molar-refractivity contribution in [1.82, 2.24) is 19.7 Å². The lowest BCUT2D eigenvalue weighted by Gasteiger charge is -2.37. The van der Waals surface area contributed by atoms with Crippen LogP contribution in [0.2, 0.25) is 0 Å². The molecule has 2 aromatic carbocycles. The Morgan fingerprint density at radius 3 is 2.41 bits per heavy atom. The number of carbonyl (C=O) groups is 1. The molecule has 1 amide bonds. The van der Waals surface area contributed by atoms with Gasteiger partial charge in [-0.05, 0) is 69.2 Å². The van der Waals surface area contributed by atoms with E-state index in [-0.39, 0.29) is 11.7 Å². The Balaban J connectivity index is 1.46. The molecule has 0 N–H and O–H groups in total. The van der Waals surface area contributed by atoms with Crippen molar-refractivity contribution in [3.8, 4) is 5.69 Å². The highest BCUT2D eigenvalue weighted by atomic mass is 19.1. The minimum atomic E-state index is -0.343. The average Bonchev–Trinajstić information content (AvgIpc) is 3.16. The van der Waals surface area contributed by atoms with E-state index in [0.717, 1.165) is 24.2 Å². The first-order valence-electron chi connectivity index (χ1n) is 11.6. The number of piperazine rings is 1. The Kier molecular flexibility index (Phi) is 5.55. The Hall–Kier alpha value is -3.74. The summed E-state index contributed by atoms with van der Waals surface area (Å²) >= 11 is 0. The summed E-state index contributed by atoms with van der Waals surface area (Å²) in [6.07, 6.45) is 0. The highest BCUT2D eigenvalue weighted by molar-refractivity contribution is 6.06. The van der Waals surface area contributed by atoms with Crippen molar-refractivity contribution in [3.63, 3.8) is 0 Å². The summed E-state index contributed by atoms with van der Waals surface area (Å²) in [5.74, 6) is -0.359. The molecule has 4 aromatic rings. The van der Waals surface area contributed by atoms with E-state index in [9.17, 15) is 9.18 Å². The van der Waals surface area contributed by atoms with Crippen molar-refractivity contribution >= 4 is 22.6 Å². The zero-order valence-electron chi connectivity index (χ0n) is 20.0. The number of hydrogen-bond donors (Lipinski definition) is 0. The zero-order valence-corrected chi connectivity index (χ0v) is 20.0. The minimum absolute atomic E-state index is 0.0157. The van der Waals surface area contributed by atoms with E-state index in [0.29, 0.717) is 35.7 Å². The van der Waals surface area contributed by atoms with Crippen LogP contribution < -0.4 is 4.90 Å². The molecule has 5 rings (SSSR count). The van der Waals surface area contributed by atoms with E-state index in [1.165, 1.54) is 28.9 Å². The van der Waals surface area contributed by atoms with Crippen molar-refractivity contribution < 1.29 is 9.18 Å². The molecule has 2 aromatic heterocycles. The van der Waals surface area contributed by atoms with Gasteiger partial charge in [0.05, 0.1) is 22.3 Å². The van der Waals surface area contributed by atoms with Crippen LogP contribution in [-0.4, -0.2) is 51.8 Å². The molecule has 0 bridgehead atoms. The SMILES string of the molecule is Cc1cc(C(=O)N2CCN(c3cccc(C)c3C)CC2)c2c(C)nn(-c3cccc(F)c3)c2n1. The van der Waals surface area contributed by atoms with Crippen LogP contribution in [0.15, 0.2) is 48.5 Å². The van der Waals surface area contributed by atoms with E-state index in [1.807, 2.05) is 24.8 Å². The van der Waals surface area contributed by atoms with Crippen LogP contribution in [0.25, 0.3) is 16.7 Å². The third-order valence-electron chi connectivity index (χ3n) is 6.71. The van der Waals surface area contributed by atoms with E-state index in [4.69, 9.17) is 0 Å². The molecule has 0 radical (unpaired) electrons. The quantitative estimate of drug-likeness (QED) is 0.445. The molecule has 7 heteroatoms. The fraction of sp³-hybridized carbons (Fsp3) is 0.296. The molecule has 0 aliphatic carbocycles. The number of benzene rings is 2. The predicted octanol–water partition coefficient (Wildman–Crippen LogP) is 4.76. The van der Waals surface area contributed by atoms with Crippen molar-refractivity contribution in [1.29, 1.82) is 0 Å². The van der Waals surface area contributed by atoms with Crippen molar-refractivity contribution in [2.24, 2.45) is 0 Å². The first kappa shape index (κ1) is 22.1. The molecule has 6 nitrogen and oxygen atoms in total. The molecule has 34 heavy (non-hydrogen) atoms. The first-order chi connectivity index (χ1) is 16.3. The summed E-state index contributed by atoms with van der Waals surface area (Å²) in [5, 5.41) is 5.33. The van der Waals surface area contributed by atoms with Gasteiger partial charge in [-0.25, -0.2) is 14.1 Å². The smallest absolute Gasteiger partial charge is 0.254 e. The number of nitrogens with zero attached hydrogens (tertiary/aromatic N) is 5. The lowest BCUT2D eigenvalue weighted by Crippen LogP contribution is -2.49. The molecule has 174 valence electrons. The molecule has 1 aliphatic rings. The summed E-state index contributed by atoms with van der Waals surface area (Å²) < 4.78 is 15.5. The van der Waals surface area contributed by atoms with Gasteiger partial charge < -0.3 is 9.80 Å². The number of anilines is 1. The number of hydrogen-bond acceptors (Lipinski definition) is 4. The number of halogens is 1. The standard InChI is InChI=1S/C27H28FN5O/c1-17-7-5-10-24(19(17)3)31-11-13-32(14-12-31)27(34)23-15-18(2)29-26-25(23)20(4)30-33(26)22-9-6-8-21(28)16-22/h5-10,15-16H,11-14H2,1-4H3. The summed E-state index contributed by atoms with van der Waals surface area (Å²) in [6, 6.07) is 14.5. The second-order valence-corrected chi connectivity index (χ2v) is 8.99. The number of carbonyl (C=O) groups excluding carboxylic acids is 1. The van der Waals surface area contributed by atoms with Crippen molar-refractivity contribution in [3.05, 3.63) is 82.4 Å². The summed E-state index contributed by atoms with van der Waals surface area (Å²) in [4.78, 5) is 22.6. The van der Waals surface area contributed by atoms with Gasteiger partial charge in [-0.15, -0.1) is 0 Å². The fourth-order valence-electron chi connectivity index (χ4n) is 4.77. The molecule has 1 fully saturated rings. The van der Waals surface area contributed by atoms with Crippen molar-refractivity contribution in [2.45, 2.75) is 27.7 Å². The monoisotopic (exact) mass is 457 g/mol. The Labute approximate surface area is 198 Å². The van der Waals surface area contributed by atoms with Gasteiger partial charge in [0.1, 0.15) is 5.82 Å². The summed E-state index contributed by atoms with van der Waals surface area (Å²) in [6.45, 7) is 10.9. The van der Waals surface area contributed by atoms with E-state index in [1.54, 1.807) is 16.8 Å². The first-order valence-corrected chi connectivity index (χ1v) is 11.6. The van der Waals surface area contributed by atoms with Crippen LogP contribution >= 0.6 is 0 Å². The molecular formula is C27H28FN5O. The van der Waals surface area contributed by atoms with Crippen molar-refractivity contribution in [2.75, 3.05) is 31.1 Å². The topological polar surface area (TPSA) is 54.3 Å². The molecule has 1 saturated heterocycles. The number of aryl methyl sites for hydroxylation is 3. The second-order valence-electron chi connectivity index (χ2n) is 8.99. The van der Waals surface area contributed by atoms with Gasteiger partial charge in [0, 0.05) is 37.6 Å². The summed E-state index contributed by atoms with van der Waals surface area (Å²) in [5.41, 5.74) is 6.97. The predicted molar refractivity (Wildman–Crippen MR) is 132 cm³/mol. The summed E-state index contributed by atoms with van der Waals surface area (Å²) in [7, 11) is 0. The van der Waals surface area contributed by atoms with Crippen LogP contribution in [-0.2, 0) is 0 Å². The van der Waals surface area contributed by atoms with E-state index < -0.39 is 0 Å². The minimum Gasteiger partial charge on any atom is -0.368 e. The number of fused-ring (bicyclic) bond motifs is 1.